The Labute approximate surface area is 146 Å². The molecule has 1 N–H and O–H groups in total. The van der Waals surface area contributed by atoms with E-state index in [9.17, 15) is 9.59 Å². The van der Waals surface area contributed by atoms with Crippen LogP contribution in [0.5, 0.6) is 0 Å². The van der Waals surface area contributed by atoms with Gasteiger partial charge in [0, 0.05) is 48.6 Å². The van der Waals surface area contributed by atoms with E-state index in [0.29, 0.717) is 24.4 Å². The van der Waals surface area contributed by atoms with Gasteiger partial charge >= 0.3 is 0 Å². The smallest absolute Gasteiger partial charge is 0.275 e. The topological polar surface area (TPSA) is 79.7 Å². The van der Waals surface area contributed by atoms with Gasteiger partial charge in [-0.15, -0.1) is 0 Å². The third-order valence-electron chi connectivity index (χ3n) is 5.48. The Balaban J connectivity index is 1.59. The van der Waals surface area contributed by atoms with Crippen molar-refractivity contribution >= 4 is 11.6 Å². The molecule has 4 heterocycles. The summed E-state index contributed by atoms with van der Waals surface area (Å²) in [6, 6.07) is 1.94. The van der Waals surface area contributed by atoms with E-state index in [1.54, 1.807) is 6.92 Å². The van der Waals surface area contributed by atoms with Crippen molar-refractivity contribution in [3.8, 4) is 0 Å². The minimum Gasteiger partial charge on any atom is -0.368 e. The third-order valence-corrected chi connectivity index (χ3v) is 5.48. The molecule has 2 atom stereocenters. The second kappa shape index (κ2) is 6.29. The molecule has 2 aromatic heterocycles. The summed E-state index contributed by atoms with van der Waals surface area (Å²) in [5, 5.41) is 3.20. The van der Waals surface area contributed by atoms with Gasteiger partial charge in [0.05, 0.1) is 0 Å². The van der Waals surface area contributed by atoms with E-state index < -0.39 is 0 Å². The molecule has 0 aromatic carbocycles. The van der Waals surface area contributed by atoms with E-state index in [-0.39, 0.29) is 23.5 Å². The zero-order valence-electron chi connectivity index (χ0n) is 14.7. The van der Waals surface area contributed by atoms with Crippen molar-refractivity contribution in [3.05, 3.63) is 33.4 Å². The van der Waals surface area contributed by atoms with Crippen LogP contribution in [0.1, 0.15) is 48.6 Å². The van der Waals surface area contributed by atoms with E-state index in [0.717, 1.165) is 43.6 Å². The average molecular weight is 344 g/mol. The number of aryl methyl sites for hydroxylation is 1. The lowest BCUT2D eigenvalue weighted by atomic mass is 9.94. The minimum atomic E-state index is -0.268. The number of aromatic amines is 1. The van der Waals surface area contributed by atoms with Gasteiger partial charge in [0.1, 0.15) is 6.10 Å². The molecule has 2 aromatic rings. The highest BCUT2D eigenvalue weighted by molar-refractivity contribution is 5.81. The third kappa shape index (κ3) is 2.86. The summed E-state index contributed by atoms with van der Waals surface area (Å²) in [6.45, 7) is 5.78. The van der Waals surface area contributed by atoms with Crippen LogP contribution in [0.25, 0.3) is 5.65 Å². The number of H-pyrrole nitrogens is 1. The number of rotatable bonds is 2. The van der Waals surface area contributed by atoms with E-state index in [2.05, 4.69) is 10.1 Å². The molecule has 0 bridgehead atoms. The number of aromatic nitrogens is 3. The molecule has 7 nitrogen and oxygen atoms in total. The van der Waals surface area contributed by atoms with Crippen molar-refractivity contribution in [2.75, 3.05) is 19.7 Å². The van der Waals surface area contributed by atoms with Crippen LogP contribution in [0.4, 0.5) is 0 Å². The van der Waals surface area contributed by atoms with Crippen LogP contribution in [-0.4, -0.2) is 51.2 Å². The second-order valence-electron chi connectivity index (χ2n) is 7.16. The lowest BCUT2D eigenvalue weighted by Gasteiger charge is -2.33. The highest BCUT2D eigenvalue weighted by Crippen LogP contribution is 2.28. The predicted octanol–water partition coefficient (Wildman–Crippen LogP) is 1.52. The SMILES string of the molecule is Cc1nc2cc([C@H]3CCCN(C(=O)[C@H]4CCCO4)C3)[nH]n2c(=O)c1C. The monoisotopic (exact) mass is 344 g/mol. The molecule has 2 aliphatic heterocycles. The molecular formula is C18H24N4O3. The quantitative estimate of drug-likeness (QED) is 0.896. The van der Waals surface area contributed by atoms with Gasteiger partial charge in [-0.3, -0.25) is 14.7 Å². The Kier molecular flexibility index (Phi) is 4.11. The Morgan fingerprint density at radius 2 is 2.16 bits per heavy atom. The fourth-order valence-electron chi connectivity index (χ4n) is 3.85. The highest BCUT2D eigenvalue weighted by Gasteiger charge is 2.32. The fourth-order valence-corrected chi connectivity index (χ4v) is 3.85. The number of nitrogens with one attached hydrogen (secondary N) is 1. The van der Waals surface area contributed by atoms with Gasteiger partial charge in [0.15, 0.2) is 5.65 Å². The van der Waals surface area contributed by atoms with E-state index >= 15 is 0 Å². The van der Waals surface area contributed by atoms with Crippen LogP contribution in [0.2, 0.25) is 0 Å². The number of ether oxygens (including phenoxy) is 1. The number of likely N-dealkylation sites (tertiary alicyclic amines) is 1. The lowest BCUT2D eigenvalue weighted by Crippen LogP contribution is -2.44. The maximum absolute atomic E-state index is 12.6. The van der Waals surface area contributed by atoms with Gasteiger partial charge in [0.25, 0.3) is 11.5 Å². The number of hydrogen-bond donors (Lipinski definition) is 1. The summed E-state index contributed by atoms with van der Waals surface area (Å²) in [5.41, 5.74) is 2.97. The number of carbonyl (C=O) groups excluding carboxylic acids is 1. The lowest BCUT2D eigenvalue weighted by molar-refractivity contribution is -0.142. The van der Waals surface area contributed by atoms with Gasteiger partial charge in [-0.2, -0.15) is 0 Å². The first kappa shape index (κ1) is 16.3. The number of fused-ring (bicyclic) bond motifs is 1. The van der Waals surface area contributed by atoms with Gasteiger partial charge < -0.3 is 9.64 Å². The van der Waals surface area contributed by atoms with Crippen molar-refractivity contribution in [2.24, 2.45) is 0 Å². The number of hydrogen-bond acceptors (Lipinski definition) is 4. The van der Waals surface area contributed by atoms with Crippen LogP contribution in [0.15, 0.2) is 10.9 Å². The first-order chi connectivity index (χ1) is 12.0. The molecule has 0 spiro atoms. The molecule has 7 heteroatoms. The van der Waals surface area contributed by atoms with Gasteiger partial charge in [0.2, 0.25) is 0 Å². The molecule has 0 radical (unpaired) electrons. The first-order valence-electron chi connectivity index (χ1n) is 9.04. The molecule has 2 aliphatic rings. The Morgan fingerprint density at radius 1 is 1.32 bits per heavy atom. The summed E-state index contributed by atoms with van der Waals surface area (Å²) < 4.78 is 7.06. The molecule has 0 unspecified atom stereocenters. The van der Waals surface area contributed by atoms with Crippen LogP contribution in [-0.2, 0) is 9.53 Å². The summed E-state index contributed by atoms with van der Waals surface area (Å²) in [5.74, 6) is 0.307. The maximum Gasteiger partial charge on any atom is 0.275 e. The summed E-state index contributed by atoms with van der Waals surface area (Å²) in [6.07, 6.45) is 3.47. The van der Waals surface area contributed by atoms with Crippen LogP contribution in [0, 0.1) is 13.8 Å². The largest absolute Gasteiger partial charge is 0.368 e. The van der Waals surface area contributed by atoms with E-state index in [1.165, 1.54) is 4.52 Å². The second-order valence-corrected chi connectivity index (χ2v) is 7.16. The zero-order chi connectivity index (χ0) is 17.6. The van der Waals surface area contributed by atoms with Crippen LogP contribution >= 0.6 is 0 Å². The maximum atomic E-state index is 12.6. The number of piperidine rings is 1. The molecule has 1 amide bonds. The molecule has 2 saturated heterocycles. The van der Waals surface area contributed by atoms with Crippen molar-refractivity contribution in [1.29, 1.82) is 0 Å². The number of nitrogens with zero attached hydrogens (tertiary/aromatic N) is 3. The normalized spacial score (nSPS) is 24.2. The van der Waals surface area contributed by atoms with Crippen molar-refractivity contribution in [3.63, 3.8) is 0 Å². The van der Waals surface area contributed by atoms with Crippen molar-refractivity contribution in [2.45, 2.75) is 51.6 Å². The fraction of sp³-hybridized carbons (Fsp3) is 0.611. The molecule has 0 saturated carbocycles. The Morgan fingerprint density at radius 3 is 2.92 bits per heavy atom. The molecule has 0 aliphatic carbocycles. The zero-order valence-corrected chi connectivity index (χ0v) is 14.7. The van der Waals surface area contributed by atoms with Gasteiger partial charge in [-0.05, 0) is 39.5 Å². The molecule has 25 heavy (non-hydrogen) atoms. The summed E-state index contributed by atoms with van der Waals surface area (Å²) in [4.78, 5) is 31.4. The van der Waals surface area contributed by atoms with Crippen molar-refractivity contribution < 1.29 is 9.53 Å². The number of carbonyl (C=O) groups is 1. The summed E-state index contributed by atoms with van der Waals surface area (Å²) in [7, 11) is 0. The Hall–Kier alpha value is -2.15. The Bertz CT molecular complexity index is 863. The standard InChI is InChI=1S/C18H24N4O3/c1-11-12(2)19-16-9-14(20-22(16)17(11)23)13-5-3-7-21(10-13)18(24)15-6-4-8-25-15/h9,13,15,20H,3-8,10H2,1-2H3/t13-,15+/m0/s1. The highest BCUT2D eigenvalue weighted by atomic mass is 16.5. The number of amides is 1. The van der Waals surface area contributed by atoms with Crippen molar-refractivity contribution in [1.82, 2.24) is 19.5 Å². The molecule has 4 rings (SSSR count). The first-order valence-corrected chi connectivity index (χ1v) is 9.04. The average Bonchev–Trinajstić information content (AvgIpc) is 3.29. The van der Waals surface area contributed by atoms with Crippen LogP contribution < -0.4 is 5.56 Å². The van der Waals surface area contributed by atoms with E-state index in [1.807, 2.05) is 17.9 Å². The molecule has 2 fully saturated rings. The van der Waals surface area contributed by atoms with Gasteiger partial charge in [-0.1, -0.05) is 0 Å². The van der Waals surface area contributed by atoms with Gasteiger partial charge in [-0.25, -0.2) is 9.50 Å². The van der Waals surface area contributed by atoms with Crippen LogP contribution in [0.3, 0.4) is 0 Å². The minimum absolute atomic E-state index is 0.0585. The molecular weight excluding hydrogens is 320 g/mol. The predicted molar refractivity (Wildman–Crippen MR) is 92.8 cm³/mol. The van der Waals surface area contributed by atoms with E-state index in [4.69, 9.17) is 4.74 Å². The summed E-state index contributed by atoms with van der Waals surface area (Å²) >= 11 is 0. The molecule has 134 valence electrons.